The molecular formula is C28H22FN3O3S. The van der Waals surface area contributed by atoms with Crippen LogP contribution in [0.2, 0.25) is 0 Å². The predicted octanol–water partition coefficient (Wildman–Crippen LogP) is 5.81. The van der Waals surface area contributed by atoms with Crippen molar-refractivity contribution in [1.82, 2.24) is 9.47 Å². The number of amides is 3. The Morgan fingerprint density at radius 3 is 2.58 bits per heavy atom. The second-order valence-corrected chi connectivity index (χ2v) is 9.53. The van der Waals surface area contributed by atoms with Crippen molar-refractivity contribution in [3.05, 3.63) is 106 Å². The first-order chi connectivity index (χ1) is 17.4. The summed E-state index contributed by atoms with van der Waals surface area (Å²) in [6, 6.07) is 21.4. The highest BCUT2D eigenvalue weighted by atomic mass is 32.2. The molecule has 3 aromatic carbocycles. The maximum atomic E-state index is 13.3. The molecule has 0 radical (unpaired) electrons. The van der Waals surface area contributed by atoms with Gasteiger partial charge in [-0.05, 0) is 66.2 Å². The second-order valence-electron chi connectivity index (χ2n) is 8.54. The normalized spacial score (nSPS) is 14.7. The summed E-state index contributed by atoms with van der Waals surface area (Å²) in [6.07, 6.45) is 3.60. The number of imide groups is 1. The number of nitrogens with one attached hydrogen (secondary N) is 1. The van der Waals surface area contributed by atoms with Crippen molar-refractivity contribution < 1.29 is 18.8 Å². The maximum Gasteiger partial charge on any atom is 0.294 e. The highest BCUT2D eigenvalue weighted by Gasteiger charge is 2.36. The van der Waals surface area contributed by atoms with Crippen LogP contribution in [0.4, 0.5) is 14.9 Å². The van der Waals surface area contributed by atoms with Crippen molar-refractivity contribution in [3.8, 4) is 0 Å². The molecule has 0 atom stereocenters. The highest BCUT2D eigenvalue weighted by molar-refractivity contribution is 8.18. The van der Waals surface area contributed by atoms with E-state index in [0.717, 1.165) is 44.3 Å². The van der Waals surface area contributed by atoms with Crippen molar-refractivity contribution >= 4 is 51.5 Å². The lowest BCUT2D eigenvalue weighted by molar-refractivity contribution is -0.127. The van der Waals surface area contributed by atoms with Crippen LogP contribution in [0.1, 0.15) is 16.7 Å². The molecule has 6 nitrogen and oxygen atoms in total. The lowest BCUT2D eigenvalue weighted by atomic mass is 10.1. The Kier molecular flexibility index (Phi) is 6.43. The van der Waals surface area contributed by atoms with Crippen LogP contribution in [-0.4, -0.2) is 33.1 Å². The summed E-state index contributed by atoms with van der Waals surface area (Å²) in [6.45, 7) is 2.07. The van der Waals surface area contributed by atoms with Crippen LogP contribution in [-0.2, 0) is 16.1 Å². The first-order valence-electron chi connectivity index (χ1n) is 11.3. The lowest BCUT2D eigenvalue weighted by Gasteiger charge is -2.12. The van der Waals surface area contributed by atoms with Gasteiger partial charge in [-0.25, -0.2) is 4.39 Å². The van der Waals surface area contributed by atoms with Crippen molar-refractivity contribution in [3.63, 3.8) is 0 Å². The van der Waals surface area contributed by atoms with Gasteiger partial charge in [-0.2, -0.15) is 0 Å². The molecule has 0 bridgehead atoms. The van der Waals surface area contributed by atoms with Crippen LogP contribution in [0.5, 0.6) is 0 Å². The van der Waals surface area contributed by atoms with E-state index in [9.17, 15) is 18.8 Å². The van der Waals surface area contributed by atoms with Gasteiger partial charge in [0.15, 0.2) is 0 Å². The largest absolute Gasteiger partial charge is 0.342 e. The number of hydrogen-bond acceptors (Lipinski definition) is 4. The van der Waals surface area contributed by atoms with E-state index in [1.165, 1.54) is 12.1 Å². The fourth-order valence-corrected chi connectivity index (χ4v) is 4.98. The van der Waals surface area contributed by atoms with Gasteiger partial charge in [0.2, 0.25) is 5.91 Å². The van der Waals surface area contributed by atoms with Crippen LogP contribution < -0.4 is 5.32 Å². The van der Waals surface area contributed by atoms with Gasteiger partial charge in [-0.15, -0.1) is 0 Å². The SMILES string of the molecule is Cc1cccc(NC(=O)CN2C(=O)S/C(=C\c3cn(Cc4ccc(F)cc4)c4ccccc34)C2=O)c1. The Labute approximate surface area is 211 Å². The van der Waals surface area contributed by atoms with Crippen LogP contribution in [0.3, 0.4) is 0 Å². The molecule has 0 spiro atoms. The molecular weight excluding hydrogens is 477 g/mol. The van der Waals surface area contributed by atoms with Gasteiger partial charge in [0, 0.05) is 34.9 Å². The van der Waals surface area contributed by atoms with E-state index in [4.69, 9.17) is 0 Å². The van der Waals surface area contributed by atoms with Crippen molar-refractivity contribution in [2.24, 2.45) is 0 Å². The van der Waals surface area contributed by atoms with Gasteiger partial charge in [0.1, 0.15) is 12.4 Å². The molecule has 2 heterocycles. The topological polar surface area (TPSA) is 71.4 Å². The lowest BCUT2D eigenvalue weighted by Crippen LogP contribution is -2.36. The summed E-state index contributed by atoms with van der Waals surface area (Å²) in [7, 11) is 0. The third-order valence-electron chi connectivity index (χ3n) is 5.85. The summed E-state index contributed by atoms with van der Waals surface area (Å²) >= 11 is 0.818. The number of aromatic nitrogens is 1. The number of benzene rings is 3. The minimum absolute atomic E-state index is 0.257. The number of para-hydroxylation sites is 1. The molecule has 5 rings (SSSR count). The van der Waals surface area contributed by atoms with Gasteiger partial charge in [-0.3, -0.25) is 19.3 Å². The monoisotopic (exact) mass is 499 g/mol. The van der Waals surface area contributed by atoms with E-state index in [2.05, 4.69) is 5.32 Å². The van der Waals surface area contributed by atoms with Crippen molar-refractivity contribution in [2.45, 2.75) is 13.5 Å². The number of carbonyl (C=O) groups is 3. The summed E-state index contributed by atoms with van der Waals surface area (Å²) in [5.41, 5.74) is 4.26. The number of thioether (sulfide) groups is 1. The molecule has 0 aliphatic carbocycles. The molecule has 0 saturated carbocycles. The molecule has 1 aliphatic heterocycles. The number of fused-ring (bicyclic) bond motifs is 1. The Balaban J connectivity index is 1.37. The zero-order valence-electron chi connectivity index (χ0n) is 19.4. The smallest absolute Gasteiger partial charge is 0.294 e. The molecule has 1 aromatic heterocycles. The van der Waals surface area contributed by atoms with E-state index >= 15 is 0 Å². The molecule has 8 heteroatoms. The Hall–Kier alpha value is -4.17. The molecule has 1 fully saturated rings. The zero-order valence-corrected chi connectivity index (χ0v) is 20.2. The number of aryl methyl sites for hydroxylation is 1. The summed E-state index contributed by atoms with van der Waals surface area (Å²) in [5.74, 6) is -1.24. The predicted molar refractivity (Wildman–Crippen MR) is 140 cm³/mol. The van der Waals surface area contributed by atoms with Gasteiger partial charge < -0.3 is 9.88 Å². The molecule has 36 heavy (non-hydrogen) atoms. The molecule has 1 aliphatic rings. The van der Waals surface area contributed by atoms with Crippen LogP contribution >= 0.6 is 11.8 Å². The fourth-order valence-electron chi connectivity index (χ4n) is 4.15. The summed E-state index contributed by atoms with van der Waals surface area (Å²) in [5, 5.41) is 3.16. The Bertz CT molecular complexity index is 1520. The highest BCUT2D eigenvalue weighted by Crippen LogP contribution is 2.34. The minimum atomic E-state index is -0.500. The van der Waals surface area contributed by atoms with E-state index in [-0.39, 0.29) is 17.3 Å². The maximum absolute atomic E-state index is 13.3. The van der Waals surface area contributed by atoms with E-state index in [0.29, 0.717) is 12.2 Å². The summed E-state index contributed by atoms with van der Waals surface area (Å²) in [4.78, 5) is 39.3. The van der Waals surface area contributed by atoms with Gasteiger partial charge in [-0.1, -0.05) is 42.5 Å². The fraction of sp³-hybridized carbons (Fsp3) is 0.107. The molecule has 0 unspecified atom stereocenters. The third-order valence-corrected chi connectivity index (χ3v) is 6.76. The number of carbonyl (C=O) groups excluding carboxylic acids is 3. The first-order valence-corrected chi connectivity index (χ1v) is 12.1. The number of nitrogens with zero attached hydrogens (tertiary/aromatic N) is 2. The van der Waals surface area contributed by atoms with Gasteiger partial charge in [0.05, 0.1) is 4.91 Å². The van der Waals surface area contributed by atoms with E-state index in [1.54, 1.807) is 24.3 Å². The first kappa shape index (κ1) is 23.6. The van der Waals surface area contributed by atoms with Gasteiger partial charge >= 0.3 is 0 Å². The molecule has 1 N–H and O–H groups in total. The van der Waals surface area contributed by atoms with E-state index < -0.39 is 17.1 Å². The quantitative estimate of drug-likeness (QED) is 0.340. The molecule has 1 saturated heterocycles. The number of halogens is 1. The average molecular weight is 500 g/mol. The van der Waals surface area contributed by atoms with Crippen molar-refractivity contribution in [2.75, 3.05) is 11.9 Å². The number of hydrogen-bond donors (Lipinski definition) is 1. The van der Waals surface area contributed by atoms with E-state index in [1.807, 2.05) is 60.2 Å². The Morgan fingerprint density at radius 1 is 1.03 bits per heavy atom. The zero-order chi connectivity index (χ0) is 25.2. The minimum Gasteiger partial charge on any atom is -0.342 e. The molecule has 180 valence electrons. The standard InChI is InChI=1S/C28H22FN3O3S/c1-18-5-4-6-22(13-18)30-26(33)17-32-27(34)25(36-28(32)35)14-20-16-31(24-8-3-2-7-23(20)24)15-19-9-11-21(29)12-10-19/h2-14,16H,15,17H2,1H3,(H,30,33)/b25-14-. The van der Waals surface area contributed by atoms with Crippen molar-refractivity contribution in [1.29, 1.82) is 0 Å². The third kappa shape index (κ3) is 4.94. The Morgan fingerprint density at radius 2 is 1.81 bits per heavy atom. The second kappa shape index (κ2) is 9.83. The number of anilines is 1. The van der Waals surface area contributed by atoms with Gasteiger partial charge in [0.25, 0.3) is 11.1 Å². The van der Waals surface area contributed by atoms with Crippen LogP contribution in [0.25, 0.3) is 17.0 Å². The molecule has 4 aromatic rings. The molecule has 3 amide bonds. The van der Waals surface area contributed by atoms with Crippen LogP contribution in [0.15, 0.2) is 83.9 Å². The number of rotatable bonds is 6. The average Bonchev–Trinajstić information content (AvgIpc) is 3.32. The van der Waals surface area contributed by atoms with Crippen LogP contribution in [0, 0.1) is 12.7 Å². The summed E-state index contributed by atoms with van der Waals surface area (Å²) < 4.78 is 15.3.